The zero-order valence-electron chi connectivity index (χ0n) is 16.7. The van der Waals surface area contributed by atoms with Gasteiger partial charge in [-0.3, -0.25) is 9.69 Å². The van der Waals surface area contributed by atoms with Crippen LogP contribution in [0.1, 0.15) is 38.5 Å². The molecule has 0 spiro atoms. The number of carbonyl (C=O) groups excluding carboxylic acids is 2. The summed E-state index contributed by atoms with van der Waals surface area (Å²) in [5.41, 5.74) is 0.708. The van der Waals surface area contributed by atoms with Crippen molar-refractivity contribution in [3.05, 3.63) is 18.2 Å². The summed E-state index contributed by atoms with van der Waals surface area (Å²) in [5, 5.41) is 9.08. The Labute approximate surface area is 171 Å². The van der Waals surface area contributed by atoms with Crippen LogP contribution in [-0.2, 0) is 4.79 Å². The lowest BCUT2D eigenvalue weighted by atomic mass is 10.1. The maximum absolute atomic E-state index is 12.4. The fraction of sp³-hybridized carbons (Fsp3) is 0.619. The first-order chi connectivity index (χ1) is 14.2. The number of hydrogen-bond acceptors (Lipinski definition) is 5. The highest BCUT2D eigenvalue weighted by Crippen LogP contribution is 2.32. The molecule has 8 heteroatoms. The molecule has 1 saturated carbocycles. The Kier molecular flexibility index (Phi) is 6.39. The van der Waals surface area contributed by atoms with Gasteiger partial charge in [0.1, 0.15) is 13.2 Å². The van der Waals surface area contributed by atoms with Crippen LogP contribution in [0.5, 0.6) is 11.5 Å². The maximum Gasteiger partial charge on any atom is 0.315 e. The fourth-order valence-corrected chi connectivity index (χ4v) is 4.24. The van der Waals surface area contributed by atoms with Gasteiger partial charge in [0.25, 0.3) is 0 Å². The standard InChI is InChI=1S/C21H30N4O4/c26-20(22-17-5-6-18-19(13-17)29-12-11-28-18)14-25-9-7-16(8-10-25)24-21(27)23-15-3-1-2-4-15/h5-6,13,15-16H,1-4,7-12,14H2,(H,22,26)(H2,23,24,27). The Morgan fingerprint density at radius 2 is 1.59 bits per heavy atom. The van der Waals surface area contributed by atoms with E-state index < -0.39 is 0 Å². The minimum absolute atomic E-state index is 0.0490. The summed E-state index contributed by atoms with van der Waals surface area (Å²) in [6.07, 6.45) is 6.30. The predicted molar refractivity (Wildman–Crippen MR) is 109 cm³/mol. The first kappa shape index (κ1) is 19.8. The number of piperidine rings is 1. The molecule has 0 bridgehead atoms. The maximum atomic E-state index is 12.4. The summed E-state index contributed by atoms with van der Waals surface area (Å²) in [4.78, 5) is 26.6. The number of benzene rings is 1. The van der Waals surface area contributed by atoms with E-state index in [2.05, 4.69) is 20.9 Å². The second kappa shape index (κ2) is 9.35. The van der Waals surface area contributed by atoms with Crippen LogP contribution in [0.25, 0.3) is 0 Å². The molecule has 2 fully saturated rings. The smallest absolute Gasteiger partial charge is 0.315 e. The molecule has 29 heavy (non-hydrogen) atoms. The van der Waals surface area contributed by atoms with Crippen LogP contribution >= 0.6 is 0 Å². The van der Waals surface area contributed by atoms with Crippen LogP contribution in [0.15, 0.2) is 18.2 Å². The van der Waals surface area contributed by atoms with Crippen molar-refractivity contribution in [2.75, 3.05) is 38.2 Å². The number of rotatable bonds is 5. The van der Waals surface area contributed by atoms with Crippen molar-refractivity contribution in [3.8, 4) is 11.5 Å². The van der Waals surface area contributed by atoms with E-state index in [-0.39, 0.29) is 18.0 Å². The van der Waals surface area contributed by atoms with Crippen molar-refractivity contribution in [2.24, 2.45) is 0 Å². The molecular formula is C21H30N4O4. The third kappa shape index (κ3) is 5.53. The summed E-state index contributed by atoms with van der Waals surface area (Å²) in [6.45, 7) is 3.00. The number of urea groups is 1. The first-order valence-electron chi connectivity index (χ1n) is 10.6. The average Bonchev–Trinajstić information content (AvgIpc) is 3.22. The first-order valence-corrected chi connectivity index (χ1v) is 10.6. The highest BCUT2D eigenvalue weighted by Gasteiger charge is 2.24. The van der Waals surface area contributed by atoms with Crippen molar-refractivity contribution in [3.63, 3.8) is 0 Å². The monoisotopic (exact) mass is 402 g/mol. The van der Waals surface area contributed by atoms with E-state index in [4.69, 9.17) is 9.47 Å². The molecule has 0 radical (unpaired) electrons. The minimum Gasteiger partial charge on any atom is -0.486 e. The molecule has 2 aliphatic heterocycles. The number of fused-ring (bicyclic) bond motifs is 1. The number of likely N-dealkylation sites (tertiary alicyclic amines) is 1. The van der Waals surface area contributed by atoms with Gasteiger partial charge < -0.3 is 25.4 Å². The van der Waals surface area contributed by atoms with Gasteiger partial charge in [-0.1, -0.05) is 12.8 Å². The number of carbonyl (C=O) groups is 2. The Morgan fingerprint density at radius 1 is 0.931 bits per heavy atom. The van der Waals surface area contributed by atoms with Crippen molar-refractivity contribution >= 4 is 17.6 Å². The predicted octanol–water partition coefficient (Wildman–Crippen LogP) is 2.10. The molecule has 3 N–H and O–H groups in total. The average molecular weight is 402 g/mol. The molecule has 1 aliphatic carbocycles. The molecule has 0 atom stereocenters. The van der Waals surface area contributed by atoms with Gasteiger partial charge in [-0.25, -0.2) is 4.79 Å². The molecule has 8 nitrogen and oxygen atoms in total. The summed E-state index contributed by atoms with van der Waals surface area (Å²) in [7, 11) is 0. The van der Waals surface area contributed by atoms with E-state index in [0.29, 0.717) is 43.0 Å². The Bertz CT molecular complexity index is 727. The lowest BCUT2D eigenvalue weighted by Crippen LogP contribution is -2.50. The number of hydrogen-bond donors (Lipinski definition) is 3. The van der Waals surface area contributed by atoms with Crippen LogP contribution in [-0.4, -0.2) is 61.8 Å². The molecule has 1 saturated heterocycles. The normalized spacial score (nSPS) is 20.3. The second-order valence-electron chi connectivity index (χ2n) is 8.06. The zero-order chi connectivity index (χ0) is 20.1. The highest BCUT2D eigenvalue weighted by atomic mass is 16.6. The Morgan fingerprint density at radius 3 is 2.31 bits per heavy atom. The van der Waals surface area contributed by atoms with Gasteiger partial charge >= 0.3 is 6.03 Å². The van der Waals surface area contributed by atoms with Crippen LogP contribution < -0.4 is 25.4 Å². The van der Waals surface area contributed by atoms with Gasteiger partial charge in [0, 0.05) is 36.9 Å². The van der Waals surface area contributed by atoms with Crippen LogP contribution in [0.2, 0.25) is 0 Å². The summed E-state index contributed by atoms with van der Waals surface area (Å²) in [5.74, 6) is 1.32. The third-order valence-corrected chi connectivity index (χ3v) is 5.81. The molecule has 3 amide bonds. The van der Waals surface area contributed by atoms with Gasteiger partial charge in [0.2, 0.25) is 5.91 Å². The lowest BCUT2D eigenvalue weighted by molar-refractivity contribution is -0.117. The minimum atomic E-state index is -0.0494. The van der Waals surface area contributed by atoms with Crippen LogP contribution in [0.3, 0.4) is 0 Å². The van der Waals surface area contributed by atoms with Crippen LogP contribution in [0.4, 0.5) is 10.5 Å². The van der Waals surface area contributed by atoms with Gasteiger partial charge in [0.15, 0.2) is 11.5 Å². The molecule has 0 aromatic heterocycles. The summed E-state index contributed by atoms with van der Waals surface area (Å²) >= 11 is 0. The Balaban J connectivity index is 1.17. The summed E-state index contributed by atoms with van der Waals surface area (Å²) < 4.78 is 11.1. The van der Waals surface area contributed by atoms with Crippen LogP contribution in [0, 0.1) is 0 Å². The highest BCUT2D eigenvalue weighted by molar-refractivity contribution is 5.92. The number of nitrogens with one attached hydrogen (secondary N) is 3. The van der Waals surface area contributed by atoms with E-state index in [9.17, 15) is 9.59 Å². The van der Waals surface area contributed by atoms with E-state index in [0.717, 1.165) is 38.8 Å². The van der Waals surface area contributed by atoms with Crippen molar-refractivity contribution in [1.82, 2.24) is 15.5 Å². The fourth-order valence-electron chi connectivity index (χ4n) is 4.24. The molecule has 4 rings (SSSR count). The molecule has 1 aromatic rings. The SMILES string of the molecule is O=C(CN1CCC(NC(=O)NC2CCCC2)CC1)Nc1ccc2c(c1)OCCO2. The van der Waals surface area contributed by atoms with Gasteiger partial charge in [-0.05, 0) is 37.8 Å². The van der Waals surface area contributed by atoms with E-state index in [1.54, 1.807) is 6.07 Å². The number of nitrogens with zero attached hydrogens (tertiary/aromatic N) is 1. The molecule has 1 aromatic carbocycles. The second-order valence-corrected chi connectivity index (χ2v) is 8.06. The van der Waals surface area contributed by atoms with Crippen molar-refractivity contribution in [1.29, 1.82) is 0 Å². The molecule has 3 aliphatic rings. The van der Waals surface area contributed by atoms with Gasteiger partial charge in [-0.15, -0.1) is 0 Å². The van der Waals surface area contributed by atoms with E-state index in [1.165, 1.54) is 12.8 Å². The van der Waals surface area contributed by atoms with E-state index in [1.807, 2.05) is 12.1 Å². The van der Waals surface area contributed by atoms with Gasteiger partial charge in [-0.2, -0.15) is 0 Å². The number of ether oxygens (including phenoxy) is 2. The van der Waals surface area contributed by atoms with Crippen molar-refractivity contribution in [2.45, 2.75) is 50.6 Å². The topological polar surface area (TPSA) is 91.9 Å². The third-order valence-electron chi connectivity index (χ3n) is 5.81. The van der Waals surface area contributed by atoms with Gasteiger partial charge in [0.05, 0.1) is 6.54 Å². The molecule has 0 unspecified atom stereocenters. The quantitative estimate of drug-likeness (QED) is 0.702. The van der Waals surface area contributed by atoms with E-state index >= 15 is 0 Å². The molecular weight excluding hydrogens is 372 g/mol. The largest absolute Gasteiger partial charge is 0.486 e. The van der Waals surface area contributed by atoms with Crippen molar-refractivity contribution < 1.29 is 19.1 Å². The summed E-state index contributed by atoms with van der Waals surface area (Å²) in [6, 6.07) is 5.90. The number of amides is 3. The zero-order valence-corrected chi connectivity index (χ0v) is 16.7. The number of anilines is 1. The Hall–Kier alpha value is -2.48. The lowest BCUT2D eigenvalue weighted by Gasteiger charge is -2.32. The molecule has 2 heterocycles. The molecule has 158 valence electrons.